The number of carbonyl (C=O) groups excluding carboxylic acids is 12. The molecular formula is C98H137N15O15. The molecule has 0 heterocycles. The standard InChI is InChI=1S/C37H49N5O5.C31H45N5O5.C30H43N5O5/c1-4-7-20-42(40-34(44)22-28-16-12-9-13-17-28)26-33(43)32(21-27-14-10-8-11-15-27)39-36(46)30-23-29(35(38)45)24-31(25-30)37(47)41(18-5-2)19-6-3;1-6-14-35(15-7-2)31(41)25-18-23(28(32)38)17-24(19-25)30(40)33-26(16-22-12-10-9-11-13-22)27(37)20-36(8-3)34-29(39)21(4)5;1-6-13-35(14-7-2)30(40)24-17-22(27(31)37)16-23(18-24)29(39)32-25(15-21-11-9-8-10-12-21)26(36)19-34(5)33-28(38)20(3)4/h8-17,23-25,32-33,43H,4-7,18-22,26H2,1-3H3,(H2,38,45)(H,39,46)(H,40,44);9-13,17-19,21,26-27,37H,6-8,14-16,20H2,1-5H3,(H2,32,38)(H,33,40)(H,34,39);8-12,16-18,20,25-26,36H,6-7,13-15,19H2,1-5H3,(H2,31,37)(H,32,39)(H,33,38). The highest BCUT2D eigenvalue weighted by Gasteiger charge is 2.32. The van der Waals surface area contributed by atoms with Crippen LogP contribution in [0.5, 0.6) is 0 Å². The zero-order valence-corrected chi connectivity index (χ0v) is 76.8. The molecule has 128 heavy (non-hydrogen) atoms. The summed E-state index contributed by atoms with van der Waals surface area (Å²) in [5.41, 5.74) is 29.7. The average molecular weight is 1770 g/mol. The number of hydrogen-bond acceptors (Lipinski definition) is 18. The van der Waals surface area contributed by atoms with Crippen molar-refractivity contribution in [2.24, 2.45) is 29.0 Å². The van der Waals surface area contributed by atoms with E-state index in [9.17, 15) is 72.9 Å². The van der Waals surface area contributed by atoms with Crippen LogP contribution < -0.4 is 49.4 Å². The Morgan fingerprint density at radius 1 is 0.328 bits per heavy atom. The minimum Gasteiger partial charge on any atom is -0.390 e. The van der Waals surface area contributed by atoms with Crippen LogP contribution in [0.25, 0.3) is 0 Å². The number of nitrogens with one attached hydrogen (secondary N) is 6. The highest BCUT2D eigenvalue weighted by Crippen LogP contribution is 2.22. The molecular weight excluding hydrogens is 1630 g/mol. The molecule has 0 aromatic heterocycles. The molecule has 7 rings (SSSR count). The van der Waals surface area contributed by atoms with Gasteiger partial charge in [-0.25, -0.2) is 15.0 Å². The van der Waals surface area contributed by atoms with Crippen LogP contribution in [0.3, 0.4) is 0 Å². The van der Waals surface area contributed by atoms with Gasteiger partial charge in [-0.2, -0.15) is 0 Å². The molecule has 6 unspecified atom stereocenters. The normalized spacial score (nSPS) is 12.5. The molecule has 15 N–H and O–H groups in total. The number of hydrogen-bond donors (Lipinski definition) is 12. The van der Waals surface area contributed by atoms with Gasteiger partial charge in [0.15, 0.2) is 0 Å². The number of benzene rings is 7. The minimum atomic E-state index is -1.09. The van der Waals surface area contributed by atoms with Gasteiger partial charge in [0.1, 0.15) is 0 Å². The number of amides is 12. The Balaban J connectivity index is 0.000000342. The molecule has 0 aliphatic rings. The lowest BCUT2D eigenvalue weighted by atomic mass is 9.99. The Bertz CT molecular complexity index is 4680. The van der Waals surface area contributed by atoms with Gasteiger partial charge in [0.25, 0.3) is 35.4 Å². The van der Waals surface area contributed by atoms with E-state index in [1.54, 1.807) is 59.5 Å². The van der Waals surface area contributed by atoms with Crippen molar-refractivity contribution in [2.45, 2.75) is 197 Å². The number of rotatable bonds is 50. The van der Waals surface area contributed by atoms with Gasteiger partial charge in [-0.1, -0.05) is 211 Å². The van der Waals surface area contributed by atoms with E-state index in [2.05, 4.69) is 32.2 Å². The van der Waals surface area contributed by atoms with Crippen LogP contribution in [0.2, 0.25) is 0 Å². The van der Waals surface area contributed by atoms with E-state index >= 15 is 0 Å². The second-order valence-electron chi connectivity index (χ2n) is 32.6. The highest BCUT2D eigenvalue weighted by molar-refractivity contribution is 6.07. The third kappa shape index (κ3) is 36.4. The van der Waals surface area contributed by atoms with E-state index in [0.717, 1.165) is 73.6 Å². The van der Waals surface area contributed by atoms with Crippen molar-refractivity contribution in [1.82, 2.24) is 62.0 Å². The third-order valence-corrected chi connectivity index (χ3v) is 20.8. The smallest absolute Gasteiger partial charge is 0.253 e. The number of primary amides is 3. The molecule has 30 nitrogen and oxygen atoms in total. The number of unbranched alkanes of at least 4 members (excludes halogenated alkanes) is 1. The molecule has 0 bridgehead atoms. The molecule has 7 aromatic carbocycles. The lowest BCUT2D eigenvalue weighted by molar-refractivity contribution is -0.130. The fourth-order valence-corrected chi connectivity index (χ4v) is 13.9. The maximum Gasteiger partial charge on any atom is 0.253 e. The first-order valence-corrected chi connectivity index (χ1v) is 44.6. The Labute approximate surface area is 754 Å². The molecule has 0 spiro atoms. The fraction of sp³-hybridized carbons (Fsp3) is 0.449. The number of likely N-dealkylation sites (N-methyl/N-ethyl adjacent to an activating group) is 2. The fourth-order valence-electron chi connectivity index (χ4n) is 13.9. The molecule has 0 fully saturated rings. The van der Waals surface area contributed by atoms with E-state index in [1.165, 1.54) is 59.6 Å². The van der Waals surface area contributed by atoms with Crippen molar-refractivity contribution in [1.29, 1.82) is 0 Å². The molecule has 0 aliphatic carbocycles. The molecule has 0 saturated carbocycles. The van der Waals surface area contributed by atoms with Crippen LogP contribution in [-0.2, 0) is 40.1 Å². The maximum absolute atomic E-state index is 13.8. The molecule has 0 aliphatic heterocycles. The summed E-state index contributed by atoms with van der Waals surface area (Å²) in [6.45, 7) is 27.2. The van der Waals surface area contributed by atoms with Gasteiger partial charge >= 0.3 is 0 Å². The van der Waals surface area contributed by atoms with Gasteiger partial charge in [-0.15, -0.1) is 0 Å². The molecule has 30 heteroatoms. The average Bonchev–Trinajstić information content (AvgIpc) is 0.821. The number of aliphatic hydroxyl groups excluding tert-OH is 3. The molecule has 0 saturated heterocycles. The lowest BCUT2D eigenvalue weighted by Crippen LogP contribution is -2.53. The van der Waals surface area contributed by atoms with Gasteiger partial charge in [0.2, 0.25) is 35.4 Å². The van der Waals surface area contributed by atoms with E-state index in [0.29, 0.717) is 71.6 Å². The van der Waals surface area contributed by atoms with E-state index in [-0.39, 0.29) is 123 Å². The van der Waals surface area contributed by atoms with Gasteiger partial charge in [-0.3, -0.25) is 73.8 Å². The summed E-state index contributed by atoms with van der Waals surface area (Å²) >= 11 is 0. The zero-order valence-electron chi connectivity index (χ0n) is 76.8. The SMILES string of the molecule is CCCCN(CC(O)C(Cc1ccccc1)NC(=O)c1cc(C(N)=O)cc(C(=O)N(CCC)CCC)c1)NC(=O)Cc1ccccc1.CCCN(CCC)C(=O)c1cc(C(N)=O)cc(C(=O)NC(Cc2ccccc2)C(O)CN(C)NC(=O)C(C)C)c1.CCCN(CCC)C(=O)c1cc(C(N)=O)cc(C(=O)NC(Cc2ccccc2)C(O)CN(CC)NC(=O)C(C)C)c1. The zero-order chi connectivity index (χ0) is 94.5. The first kappa shape index (κ1) is 106. The van der Waals surface area contributed by atoms with E-state index in [4.69, 9.17) is 17.2 Å². The van der Waals surface area contributed by atoms with Crippen molar-refractivity contribution >= 4 is 70.9 Å². The van der Waals surface area contributed by atoms with Gasteiger partial charge < -0.3 is 63.2 Å². The largest absolute Gasteiger partial charge is 0.390 e. The first-order valence-electron chi connectivity index (χ1n) is 44.6. The minimum absolute atomic E-state index is 0.0419. The topological polar surface area (TPSA) is 435 Å². The van der Waals surface area contributed by atoms with E-state index in [1.807, 2.05) is 177 Å². The summed E-state index contributed by atoms with van der Waals surface area (Å²) in [4.78, 5) is 160. The quantitative estimate of drug-likeness (QED) is 0.0158. The van der Waals surface area contributed by atoms with Crippen molar-refractivity contribution in [3.63, 3.8) is 0 Å². The highest BCUT2D eigenvalue weighted by atomic mass is 16.3. The Morgan fingerprint density at radius 3 is 0.883 bits per heavy atom. The summed E-state index contributed by atoms with van der Waals surface area (Å²) in [6.07, 6.45) is 4.15. The van der Waals surface area contributed by atoms with Crippen LogP contribution in [0, 0.1) is 11.8 Å². The molecule has 12 amide bonds. The summed E-state index contributed by atoms with van der Waals surface area (Å²) in [6, 6.07) is 48.0. The number of nitrogens with zero attached hydrogens (tertiary/aromatic N) is 6. The second kappa shape index (κ2) is 56.2. The predicted octanol–water partition coefficient (Wildman–Crippen LogP) is 9.25. The second-order valence-corrected chi connectivity index (χ2v) is 32.6. The summed E-state index contributed by atoms with van der Waals surface area (Å²) in [5, 5.41) is 47.4. The maximum atomic E-state index is 13.8. The molecule has 0 radical (unpaired) electrons. The van der Waals surface area contributed by atoms with Crippen LogP contribution >= 0.6 is 0 Å². The number of aliphatic hydroxyl groups is 3. The Hall–Kier alpha value is -12.1. The van der Waals surface area contributed by atoms with Crippen LogP contribution in [0.15, 0.2) is 176 Å². The van der Waals surface area contributed by atoms with Crippen LogP contribution in [-0.4, -0.2) is 231 Å². The van der Waals surface area contributed by atoms with Gasteiger partial charge in [0, 0.05) is 141 Å². The van der Waals surface area contributed by atoms with Gasteiger partial charge in [-0.05, 0) is 141 Å². The Morgan fingerprint density at radius 2 is 0.602 bits per heavy atom. The number of hydrazine groups is 3. The lowest BCUT2D eigenvalue weighted by Gasteiger charge is -2.30. The third-order valence-electron chi connectivity index (χ3n) is 20.8. The van der Waals surface area contributed by atoms with Crippen molar-refractivity contribution in [2.75, 3.05) is 79.0 Å². The van der Waals surface area contributed by atoms with Crippen molar-refractivity contribution in [3.05, 3.63) is 248 Å². The number of carbonyl (C=O) groups is 12. The Kier molecular flexibility index (Phi) is 46.8. The van der Waals surface area contributed by atoms with Crippen LogP contribution in [0.1, 0.15) is 250 Å². The van der Waals surface area contributed by atoms with Crippen molar-refractivity contribution in [3.8, 4) is 0 Å². The summed E-state index contributed by atoms with van der Waals surface area (Å²) < 4.78 is 0. The van der Waals surface area contributed by atoms with Crippen molar-refractivity contribution < 1.29 is 72.9 Å². The molecule has 694 valence electrons. The predicted molar refractivity (Wildman–Crippen MR) is 497 cm³/mol. The summed E-state index contributed by atoms with van der Waals surface area (Å²) in [7, 11) is 1.64. The number of nitrogens with two attached hydrogens (primary N) is 3. The first-order chi connectivity index (χ1) is 61.1. The van der Waals surface area contributed by atoms with Crippen LogP contribution in [0.4, 0.5) is 0 Å². The molecule has 7 aromatic rings. The monoisotopic (exact) mass is 1760 g/mol. The molecule has 6 atom stereocenters. The van der Waals surface area contributed by atoms with E-state index < -0.39 is 71.9 Å². The van der Waals surface area contributed by atoms with Gasteiger partial charge in [0.05, 0.1) is 42.9 Å². The summed E-state index contributed by atoms with van der Waals surface area (Å²) in [5.74, 6) is -5.88.